The zero-order valence-corrected chi connectivity index (χ0v) is 16.5. The largest absolute Gasteiger partial charge is 0.321 e. The number of halogens is 1. The summed E-state index contributed by atoms with van der Waals surface area (Å²) in [6.45, 7) is 0.943. The van der Waals surface area contributed by atoms with Crippen molar-refractivity contribution >= 4 is 33.0 Å². The molecule has 1 aliphatic heterocycles. The molecule has 1 aliphatic rings. The van der Waals surface area contributed by atoms with Crippen LogP contribution in [0.15, 0.2) is 48.5 Å². The Morgan fingerprint density at radius 1 is 1.07 bits per heavy atom. The Bertz CT molecular complexity index is 1200. The van der Waals surface area contributed by atoms with Crippen molar-refractivity contribution in [1.29, 1.82) is 0 Å². The molecule has 1 amide bonds. The molecule has 0 fully saturated rings. The Kier molecular flexibility index (Phi) is 4.60. The van der Waals surface area contributed by atoms with Crippen LogP contribution in [-0.4, -0.2) is 20.7 Å². The molecule has 0 spiro atoms. The molecule has 0 saturated carbocycles. The number of amides is 1. The van der Waals surface area contributed by atoms with Gasteiger partial charge < -0.3 is 9.88 Å². The van der Waals surface area contributed by atoms with Crippen LogP contribution >= 0.6 is 11.3 Å². The summed E-state index contributed by atoms with van der Waals surface area (Å²) in [4.78, 5) is 13.1. The van der Waals surface area contributed by atoms with Crippen molar-refractivity contribution < 1.29 is 9.18 Å². The lowest BCUT2D eigenvalue weighted by Crippen LogP contribution is -2.10. The van der Waals surface area contributed by atoms with Crippen molar-refractivity contribution in [3.63, 3.8) is 0 Å². The molecule has 1 N–H and O–H groups in total. The van der Waals surface area contributed by atoms with Gasteiger partial charge in [0.15, 0.2) is 5.82 Å². The summed E-state index contributed by atoms with van der Waals surface area (Å²) >= 11 is 1.28. The lowest BCUT2D eigenvalue weighted by Gasteiger charge is -2.08. The van der Waals surface area contributed by atoms with Crippen molar-refractivity contribution in [3.8, 4) is 11.4 Å². The van der Waals surface area contributed by atoms with Crippen LogP contribution in [0.3, 0.4) is 0 Å². The van der Waals surface area contributed by atoms with E-state index in [1.54, 1.807) is 12.1 Å². The second-order valence-corrected chi connectivity index (χ2v) is 8.28. The standard InChI is InChI=1S/C22H19FN4OS/c23-17-5-4-6-18-16(17)13-19(29-18)22(28)24-15-10-8-14(9-11-15)21-26-25-20-7-2-1-3-12-27(20)21/h4-6,8-11,13H,1-3,7,12H2,(H,24,28). The maximum Gasteiger partial charge on any atom is 0.265 e. The molecule has 5 nitrogen and oxygen atoms in total. The first-order chi connectivity index (χ1) is 14.2. The van der Waals surface area contributed by atoms with E-state index < -0.39 is 0 Å². The minimum atomic E-state index is -0.311. The van der Waals surface area contributed by atoms with Crippen LogP contribution in [0.2, 0.25) is 0 Å². The highest BCUT2D eigenvalue weighted by Crippen LogP contribution is 2.29. The van der Waals surface area contributed by atoms with E-state index in [-0.39, 0.29) is 11.7 Å². The molecule has 2 aromatic carbocycles. The second kappa shape index (κ2) is 7.40. The SMILES string of the molecule is O=C(Nc1ccc(-c2nnc3n2CCCCC3)cc1)c1cc2c(F)cccc2s1. The fourth-order valence-electron chi connectivity index (χ4n) is 3.73. The van der Waals surface area contributed by atoms with Gasteiger partial charge in [0.2, 0.25) is 0 Å². The van der Waals surface area contributed by atoms with E-state index >= 15 is 0 Å². The number of carbonyl (C=O) groups is 1. The number of hydrogen-bond donors (Lipinski definition) is 1. The van der Waals surface area contributed by atoms with Crippen molar-refractivity contribution in [3.05, 3.63) is 65.0 Å². The van der Waals surface area contributed by atoms with Gasteiger partial charge in [-0.05, 0) is 55.3 Å². The predicted molar refractivity (Wildman–Crippen MR) is 113 cm³/mol. The van der Waals surface area contributed by atoms with Crippen LogP contribution in [-0.2, 0) is 13.0 Å². The second-order valence-electron chi connectivity index (χ2n) is 7.20. The van der Waals surface area contributed by atoms with E-state index in [0.29, 0.717) is 16.0 Å². The van der Waals surface area contributed by atoms with E-state index in [4.69, 9.17) is 0 Å². The number of rotatable bonds is 3. The molecule has 29 heavy (non-hydrogen) atoms. The molecule has 0 aliphatic carbocycles. The number of aromatic nitrogens is 3. The van der Waals surface area contributed by atoms with E-state index in [1.807, 2.05) is 30.3 Å². The number of anilines is 1. The summed E-state index contributed by atoms with van der Waals surface area (Å²) in [5.74, 6) is 1.37. The molecule has 0 bridgehead atoms. The molecule has 0 atom stereocenters. The summed E-state index contributed by atoms with van der Waals surface area (Å²) in [5, 5.41) is 12.1. The summed E-state index contributed by atoms with van der Waals surface area (Å²) in [6, 6.07) is 14.1. The zero-order chi connectivity index (χ0) is 19.8. The average Bonchev–Trinajstić information content (AvgIpc) is 3.27. The minimum Gasteiger partial charge on any atom is -0.321 e. The molecule has 3 heterocycles. The summed E-state index contributed by atoms with van der Waals surface area (Å²) < 4.78 is 16.8. The first-order valence-electron chi connectivity index (χ1n) is 9.71. The molecule has 7 heteroatoms. The van der Waals surface area contributed by atoms with E-state index in [9.17, 15) is 9.18 Å². The number of benzene rings is 2. The first kappa shape index (κ1) is 18.0. The van der Waals surface area contributed by atoms with E-state index in [2.05, 4.69) is 20.1 Å². The Hall–Kier alpha value is -3.06. The lowest BCUT2D eigenvalue weighted by molar-refractivity contribution is 0.103. The van der Waals surface area contributed by atoms with Gasteiger partial charge in [-0.15, -0.1) is 21.5 Å². The third-order valence-electron chi connectivity index (χ3n) is 5.24. The highest BCUT2D eigenvalue weighted by molar-refractivity contribution is 7.20. The normalized spacial score (nSPS) is 13.8. The Labute approximate surface area is 171 Å². The Balaban J connectivity index is 1.36. The molecule has 5 rings (SSSR count). The van der Waals surface area contributed by atoms with Crippen molar-refractivity contribution in [1.82, 2.24) is 14.8 Å². The zero-order valence-electron chi connectivity index (χ0n) is 15.7. The van der Waals surface area contributed by atoms with Gasteiger partial charge in [0.05, 0.1) is 4.88 Å². The average molecular weight is 406 g/mol. The predicted octanol–water partition coefficient (Wildman–Crippen LogP) is 5.28. The maximum absolute atomic E-state index is 13.9. The van der Waals surface area contributed by atoms with Crippen LogP contribution in [0, 0.1) is 5.82 Å². The van der Waals surface area contributed by atoms with Gasteiger partial charge in [-0.3, -0.25) is 4.79 Å². The fourth-order valence-corrected chi connectivity index (χ4v) is 4.70. The van der Waals surface area contributed by atoms with Crippen LogP contribution in [0.5, 0.6) is 0 Å². The van der Waals surface area contributed by atoms with Crippen LogP contribution in [0.25, 0.3) is 21.5 Å². The van der Waals surface area contributed by atoms with Crippen molar-refractivity contribution in [2.45, 2.75) is 32.2 Å². The summed E-state index contributed by atoms with van der Waals surface area (Å²) in [6.07, 6.45) is 4.49. The molecule has 146 valence electrons. The van der Waals surface area contributed by atoms with Gasteiger partial charge >= 0.3 is 0 Å². The number of carbonyl (C=O) groups excluding carboxylic acids is 1. The molecule has 0 unspecified atom stereocenters. The molecular weight excluding hydrogens is 387 g/mol. The van der Waals surface area contributed by atoms with Crippen LogP contribution < -0.4 is 5.32 Å². The molecule has 2 aromatic heterocycles. The van der Waals surface area contributed by atoms with Crippen molar-refractivity contribution in [2.24, 2.45) is 0 Å². The third kappa shape index (κ3) is 3.42. The number of nitrogens with zero attached hydrogens (tertiary/aromatic N) is 3. The number of hydrogen-bond acceptors (Lipinski definition) is 4. The van der Waals surface area contributed by atoms with Gasteiger partial charge in [-0.25, -0.2) is 4.39 Å². The molecule has 0 saturated heterocycles. The lowest BCUT2D eigenvalue weighted by atomic mass is 10.2. The summed E-state index contributed by atoms with van der Waals surface area (Å²) in [5.41, 5.74) is 1.67. The van der Waals surface area contributed by atoms with Gasteiger partial charge in [0.25, 0.3) is 5.91 Å². The fraction of sp³-hybridized carbons (Fsp3) is 0.227. The molecular formula is C22H19FN4OS. The Morgan fingerprint density at radius 3 is 2.76 bits per heavy atom. The van der Waals surface area contributed by atoms with Crippen LogP contribution in [0.4, 0.5) is 10.1 Å². The summed E-state index contributed by atoms with van der Waals surface area (Å²) in [7, 11) is 0. The van der Waals surface area contributed by atoms with Gasteiger partial charge in [0, 0.05) is 34.3 Å². The van der Waals surface area contributed by atoms with Gasteiger partial charge in [0.1, 0.15) is 11.6 Å². The third-order valence-corrected chi connectivity index (χ3v) is 6.34. The number of thiophene rings is 1. The highest BCUT2D eigenvalue weighted by atomic mass is 32.1. The molecule has 0 radical (unpaired) electrons. The number of nitrogens with one attached hydrogen (secondary N) is 1. The quantitative estimate of drug-likeness (QED) is 0.504. The molecule has 4 aromatic rings. The first-order valence-corrected chi connectivity index (χ1v) is 10.5. The minimum absolute atomic E-state index is 0.241. The number of aryl methyl sites for hydroxylation is 1. The topological polar surface area (TPSA) is 59.8 Å². The van der Waals surface area contributed by atoms with Crippen LogP contribution in [0.1, 0.15) is 34.8 Å². The van der Waals surface area contributed by atoms with E-state index in [0.717, 1.165) is 47.7 Å². The Morgan fingerprint density at radius 2 is 1.93 bits per heavy atom. The van der Waals surface area contributed by atoms with Gasteiger partial charge in [-0.1, -0.05) is 12.5 Å². The highest BCUT2D eigenvalue weighted by Gasteiger charge is 2.16. The monoisotopic (exact) mass is 406 g/mol. The maximum atomic E-state index is 13.9. The van der Waals surface area contributed by atoms with Gasteiger partial charge in [-0.2, -0.15) is 0 Å². The smallest absolute Gasteiger partial charge is 0.265 e. The van der Waals surface area contributed by atoms with E-state index in [1.165, 1.54) is 23.8 Å². The number of fused-ring (bicyclic) bond motifs is 2. The van der Waals surface area contributed by atoms with Crippen molar-refractivity contribution in [2.75, 3.05) is 5.32 Å².